The number of likely N-dealkylation sites (tertiary alicyclic amines) is 1. The topological polar surface area (TPSA) is 76.4 Å². The number of imidazole rings is 1. The third-order valence-electron chi connectivity index (χ3n) is 4.96. The molecule has 4 heterocycles. The van der Waals surface area contributed by atoms with Gasteiger partial charge in [-0.05, 0) is 18.9 Å². The van der Waals surface area contributed by atoms with Crippen molar-refractivity contribution >= 4 is 11.9 Å². The average Bonchev–Trinajstić information content (AvgIpc) is 3.32. The van der Waals surface area contributed by atoms with Gasteiger partial charge in [0, 0.05) is 50.7 Å². The van der Waals surface area contributed by atoms with E-state index in [1.165, 1.54) is 0 Å². The van der Waals surface area contributed by atoms with Gasteiger partial charge in [-0.15, -0.1) is 0 Å². The van der Waals surface area contributed by atoms with E-state index in [9.17, 15) is 4.79 Å². The summed E-state index contributed by atoms with van der Waals surface area (Å²) in [6, 6.07) is 1.82. The van der Waals surface area contributed by atoms with Gasteiger partial charge in [0.2, 0.25) is 11.9 Å². The van der Waals surface area contributed by atoms with E-state index < -0.39 is 0 Å². The van der Waals surface area contributed by atoms with E-state index in [1.807, 2.05) is 23.5 Å². The lowest BCUT2D eigenvalue weighted by Crippen LogP contribution is -2.34. The Balaban J connectivity index is 1.39. The van der Waals surface area contributed by atoms with Crippen LogP contribution in [0.15, 0.2) is 31.0 Å². The van der Waals surface area contributed by atoms with Gasteiger partial charge in [-0.3, -0.25) is 4.79 Å². The number of hydrogen-bond donors (Lipinski definition) is 0. The summed E-state index contributed by atoms with van der Waals surface area (Å²) in [6.07, 6.45) is 9.45. The second kappa shape index (κ2) is 7.82. The highest BCUT2D eigenvalue weighted by Crippen LogP contribution is 2.20. The van der Waals surface area contributed by atoms with Gasteiger partial charge < -0.3 is 19.1 Å². The first-order valence-electron chi connectivity index (χ1n) is 9.16. The zero-order valence-corrected chi connectivity index (χ0v) is 14.8. The van der Waals surface area contributed by atoms with Crippen LogP contribution in [-0.2, 0) is 22.6 Å². The summed E-state index contributed by atoms with van der Waals surface area (Å²) in [7, 11) is 0. The third kappa shape index (κ3) is 3.85. The molecule has 0 N–H and O–H groups in total. The molecule has 0 radical (unpaired) electrons. The molecule has 2 aromatic heterocycles. The molecule has 1 atom stereocenters. The number of carbonyl (C=O) groups is 1. The van der Waals surface area contributed by atoms with Gasteiger partial charge in [0.1, 0.15) is 6.61 Å². The zero-order valence-electron chi connectivity index (χ0n) is 14.8. The molecule has 2 aromatic rings. The molecule has 0 saturated carbocycles. The van der Waals surface area contributed by atoms with Gasteiger partial charge in [-0.25, -0.2) is 15.0 Å². The summed E-state index contributed by atoms with van der Waals surface area (Å²) in [4.78, 5) is 29.2. The molecule has 1 amide bonds. The maximum Gasteiger partial charge on any atom is 0.248 e. The number of nitrogens with zero attached hydrogens (tertiary/aromatic N) is 6. The number of rotatable bonds is 5. The fourth-order valence-electron chi connectivity index (χ4n) is 3.63. The summed E-state index contributed by atoms with van der Waals surface area (Å²) in [5.74, 6) is 1.05. The first-order chi connectivity index (χ1) is 12.8. The summed E-state index contributed by atoms with van der Waals surface area (Å²) >= 11 is 0. The van der Waals surface area contributed by atoms with Crippen molar-refractivity contribution in [3.05, 3.63) is 36.7 Å². The van der Waals surface area contributed by atoms with Crippen molar-refractivity contribution in [1.82, 2.24) is 24.4 Å². The highest BCUT2D eigenvalue weighted by atomic mass is 16.5. The highest BCUT2D eigenvalue weighted by molar-refractivity contribution is 5.77. The van der Waals surface area contributed by atoms with Crippen molar-refractivity contribution in [2.75, 3.05) is 37.7 Å². The maximum atomic E-state index is 12.2. The Bertz CT molecular complexity index is 728. The Kier molecular flexibility index (Phi) is 5.10. The molecule has 8 heteroatoms. The van der Waals surface area contributed by atoms with Crippen molar-refractivity contribution in [3.8, 4) is 0 Å². The molecule has 0 aromatic carbocycles. The van der Waals surface area contributed by atoms with Gasteiger partial charge in [-0.2, -0.15) is 0 Å². The lowest BCUT2D eigenvalue weighted by atomic mass is 10.1. The van der Waals surface area contributed by atoms with Gasteiger partial charge in [-0.1, -0.05) is 0 Å². The molecule has 4 rings (SSSR count). The van der Waals surface area contributed by atoms with Crippen LogP contribution in [0.4, 0.5) is 5.95 Å². The van der Waals surface area contributed by atoms with Crippen molar-refractivity contribution in [1.29, 1.82) is 0 Å². The fraction of sp³-hybridized carbons (Fsp3) is 0.556. The molecular weight excluding hydrogens is 332 g/mol. The maximum absolute atomic E-state index is 12.2. The van der Waals surface area contributed by atoms with E-state index in [2.05, 4.69) is 24.4 Å². The predicted molar refractivity (Wildman–Crippen MR) is 95.4 cm³/mol. The smallest absolute Gasteiger partial charge is 0.248 e. The number of carbonyl (C=O) groups excluding carboxylic acids is 1. The minimum absolute atomic E-state index is 0.0997. The van der Waals surface area contributed by atoms with Crippen LogP contribution in [-0.4, -0.2) is 63.2 Å². The molecule has 0 bridgehead atoms. The number of anilines is 1. The lowest BCUT2D eigenvalue weighted by Gasteiger charge is -2.24. The first kappa shape index (κ1) is 17.0. The van der Waals surface area contributed by atoms with Crippen molar-refractivity contribution in [2.45, 2.75) is 25.9 Å². The van der Waals surface area contributed by atoms with Crippen LogP contribution in [0.25, 0.3) is 0 Å². The second-order valence-corrected chi connectivity index (χ2v) is 6.94. The predicted octanol–water partition coefficient (Wildman–Crippen LogP) is 0.948. The Morgan fingerprint density at radius 1 is 1.19 bits per heavy atom. The standard InChI is InChI=1S/C18H24N6O2/c25-17(22-6-1-2-7-22)13-26-12-15-9-23(18-20-4-3-5-21-18)11-16-8-19-14-24(16)10-15/h3-5,8,14-15H,1-2,6-7,9-13H2/t15-/m1/s1. The molecule has 0 unspecified atom stereocenters. The second-order valence-electron chi connectivity index (χ2n) is 6.94. The van der Waals surface area contributed by atoms with E-state index in [0.717, 1.165) is 44.7 Å². The average molecular weight is 356 g/mol. The zero-order chi connectivity index (χ0) is 17.8. The van der Waals surface area contributed by atoms with Gasteiger partial charge >= 0.3 is 0 Å². The van der Waals surface area contributed by atoms with Crippen LogP contribution >= 0.6 is 0 Å². The Labute approximate surface area is 152 Å². The SMILES string of the molecule is O=C(COC[C@@H]1CN(c2ncccn2)Cc2cncn2C1)N1CCCC1. The number of ether oxygens (including phenoxy) is 1. The molecule has 1 saturated heterocycles. The molecule has 2 aliphatic heterocycles. The van der Waals surface area contributed by atoms with Crippen molar-refractivity contribution < 1.29 is 9.53 Å². The Morgan fingerprint density at radius 3 is 2.81 bits per heavy atom. The van der Waals surface area contributed by atoms with Crippen LogP contribution in [0.5, 0.6) is 0 Å². The number of fused-ring (bicyclic) bond motifs is 1. The largest absolute Gasteiger partial charge is 0.371 e. The molecule has 2 aliphatic rings. The van der Waals surface area contributed by atoms with E-state index in [0.29, 0.717) is 19.1 Å². The summed E-state index contributed by atoms with van der Waals surface area (Å²) < 4.78 is 7.94. The monoisotopic (exact) mass is 356 g/mol. The highest BCUT2D eigenvalue weighted by Gasteiger charge is 2.24. The van der Waals surface area contributed by atoms with Gasteiger partial charge in [0.05, 0.1) is 25.2 Å². The molecular formula is C18H24N6O2. The molecule has 0 aliphatic carbocycles. The molecule has 26 heavy (non-hydrogen) atoms. The lowest BCUT2D eigenvalue weighted by molar-refractivity contribution is -0.135. The van der Waals surface area contributed by atoms with E-state index in [4.69, 9.17) is 4.74 Å². The normalized spacial score (nSPS) is 20.1. The van der Waals surface area contributed by atoms with Gasteiger partial charge in [0.15, 0.2) is 0 Å². The van der Waals surface area contributed by atoms with Crippen LogP contribution in [0.2, 0.25) is 0 Å². The van der Waals surface area contributed by atoms with Crippen LogP contribution in [0, 0.1) is 5.92 Å². The summed E-state index contributed by atoms with van der Waals surface area (Å²) in [5.41, 5.74) is 1.13. The summed E-state index contributed by atoms with van der Waals surface area (Å²) in [5, 5.41) is 0. The number of aromatic nitrogens is 4. The van der Waals surface area contributed by atoms with Crippen molar-refractivity contribution in [3.63, 3.8) is 0 Å². The molecule has 1 fully saturated rings. The summed E-state index contributed by atoms with van der Waals surface area (Å²) in [6.45, 7) is 4.73. The van der Waals surface area contributed by atoms with Crippen LogP contribution in [0.3, 0.4) is 0 Å². The molecule has 8 nitrogen and oxygen atoms in total. The van der Waals surface area contributed by atoms with Crippen LogP contribution in [0.1, 0.15) is 18.5 Å². The number of hydrogen-bond acceptors (Lipinski definition) is 6. The van der Waals surface area contributed by atoms with Gasteiger partial charge in [0.25, 0.3) is 0 Å². The third-order valence-corrected chi connectivity index (χ3v) is 4.96. The Morgan fingerprint density at radius 2 is 2.00 bits per heavy atom. The number of amides is 1. The van der Waals surface area contributed by atoms with Crippen molar-refractivity contribution in [2.24, 2.45) is 5.92 Å². The fourth-order valence-corrected chi connectivity index (χ4v) is 3.63. The van der Waals surface area contributed by atoms with E-state index >= 15 is 0 Å². The minimum Gasteiger partial charge on any atom is -0.371 e. The molecule has 0 spiro atoms. The van der Waals surface area contributed by atoms with E-state index in [-0.39, 0.29) is 18.4 Å². The van der Waals surface area contributed by atoms with E-state index in [1.54, 1.807) is 12.4 Å². The Hall–Kier alpha value is -2.48. The molecule has 138 valence electrons. The minimum atomic E-state index is 0.0997. The first-order valence-corrected chi connectivity index (χ1v) is 9.16. The van der Waals surface area contributed by atoms with Crippen LogP contribution < -0.4 is 4.90 Å². The quantitative estimate of drug-likeness (QED) is 0.794.